The topological polar surface area (TPSA) is 29.1 Å². The summed E-state index contributed by atoms with van der Waals surface area (Å²) >= 11 is 0. The van der Waals surface area contributed by atoms with Crippen LogP contribution < -0.4 is 5.32 Å². The fourth-order valence-corrected chi connectivity index (χ4v) is 2.50. The summed E-state index contributed by atoms with van der Waals surface area (Å²) in [4.78, 5) is 11.3. The number of alkyl halides is 3. The van der Waals surface area contributed by atoms with Crippen molar-refractivity contribution in [2.75, 3.05) is 0 Å². The third-order valence-electron chi connectivity index (χ3n) is 3.59. The van der Waals surface area contributed by atoms with Gasteiger partial charge in [0.1, 0.15) is 0 Å². The van der Waals surface area contributed by atoms with Gasteiger partial charge in [0.05, 0.1) is 12.5 Å². The number of nitrogens with one attached hydrogen (secondary N) is 1. The Morgan fingerprint density at radius 3 is 2.09 bits per heavy atom. The van der Waals surface area contributed by atoms with E-state index in [4.69, 9.17) is 0 Å². The summed E-state index contributed by atoms with van der Waals surface area (Å²) in [6.07, 6.45) is -5.40. The predicted molar refractivity (Wildman–Crippen MR) is 81.8 cm³/mol. The lowest BCUT2D eigenvalue weighted by atomic mass is 9.87. The largest absolute Gasteiger partial charge is 0.391 e. The first-order chi connectivity index (χ1) is 10.0. The monoisotopic (exact) mass is 315 g/mol. The number of amides is 1. The van der Waals surface area contributed by atoms with E-state index in [-0.39, 0.29) is 11.8 Å². The summed E-state index contributed by atoms with van der Waals surface area (Å²) in [6, 6.07) is 4.57. The van der Waals surface area contributed by atoms with E-state index in [0.717, 1.165) is 11.1 Å². The van der Waals surface area contributed by atoms with Crippen LogP contribution in [0.4, 0.5) is 13.2 Å². The molecule has 0 saturated carbocycles. The highest BCUT2D eigenvalue weighted by atomic mass is 19.4. The van der Waals surface area contributed by atoms with Crippen molar-refractivity contribution in [3.8, 4) is 0 Å². The Kier molecular flexibility index (Phi) is 6.03. The molecule has 0 aromatic heterocycles. The molecule has 0 saturated heterocycles. The molecule has 0 aliphatic carbocycles. The lowest BCUT2D eigenvalue weighted by Crippen LogP contribution is -2.31. The van der Waals surface area contributed by atoms with Crippen LogP contribution in [0, 0.1) is 0 Å². The molecule has 124 valence electrons. The van der Waals surface area contributed by atoms with Gasteiger partial charge in [-0.3, -0.25) is 4.79 Å². The molecule has 0 aliphatic rings. The molecule has 0 spiro atoms. The first-order valence-corrected chi connectivity index (χ1v) is 7.49. The SMILES string of the molecule is CC(=O)NC(CC(F)(F)F)c1cc(C(C)C)ccc1C(C)C. The van der Waals surface area contributed by atoms with Crippen LogP contribution >= 0.6 is 0 Å². The molecule has 1 unspecified atom stereocenters. The molecule has 5 heteroatoms. The molecule has 0 radical (unpaired) electrons. The fraction of sp³-hybridized carbons (Fsp3) is 0.588. The summed E-state index contributed by atoms with van der Waals surface area (Å²) in [5, 5.41) is 2.46. The zero-order valence-electron chi connectivity index (χ0n) is 13.7. The molecule has 1 aromatic rings. The number of hydrogen-bond acceptors (Lipinski definition) is 1. The van der Waals surface area contributed by atoms with Crippen LogP contribution in [0.1, 0.15) is 75.6 Å². The molecular formula is C17H24F3NO. The van der Waals surface area contributed by atoms with Crippen molar-refractivity contribution in [2.24, 2.45) is 0 Å². The van der Waals surface area contributed by atoms with Crippen molar-refractivity contribution >= 4 is 5.91 Å². The molecule has 1 N–H and O–H groups in total. The van der Waals surface area contributed by atoms with Gasteiger partial charge in [0.15, 0.2) is 0 Å². The zero-order chi connectivity index (χ0) is 17.1. The fourth-order valence-electron chi connectivity index (χ4n) is 2.50. The van der Waals surface area contributed by atoms with Crippen molar-refractivity contribution in [1.29, 1.82) is 0 Å². The first kappa shape index (κ1) is 18.5. The van der Waals surface area contributed by atoms with E-state index < -0.39 is 24.5 Å². The Morgan fingerprint density at radius 2 is 1.68 bits per heavy atom. The number of hydrogen-bond donors (Lipinski definition) is 1. The highest BCUT2D eigenvalue weighted by Crippen LogP contribution is 2.35. The van der Waals surface area contributed by atoms with Crippen molar-refractivity contribution in [2.45, 2.75) is 65.1 Å². The van der Waals surface area contributed by atoms with Crippen LogP contribution in [0.5, 0.6) is 0 Å². The Hall–Kier alpha value is -1.52. The maximum absolute atomic E-state index is 12.9. The molecule has 0 bridgehead atoms. The number of rotatable bonds is 5. The molecule has 1 amide bonds. The second kappa shape index (κ2) is 7.16. The highest BCUT2D eigenvalue weighted by molar-refractivity contribution is 5.73. The van der Waals surface area contributed by atoms with Crippen molar-refractivity contribution in [1.82, 2.24) is 5.32 Å². The van der Waals surface area contributed by atoms with Crippen molar-refractivity contribution < 1.29 is 18.0 Å². The minimum absolute atomic E-state index is 0.0840. The van der Waals surface area contributed by atoms with Gasteiger partial charge in [-0.2, -0.15) is 13.2 Å². The number of benzene rings is 1. The van der Waals surface area contributed by atoms with E-state index in [1.54, 1.807) is 6.07 Å². The number of carbonyl (C=O) groups is 1. The van der Waals surface area contributed by atoms with Crippen molar-refractivity contribution in [3.05, 3.63) is 34.9 Å². The van der Waals surface area contributed by atoms with Gasteiger partial charge in [-0.15, -0.1) is 0 Å². The molecule has 0 heterocycles. The van der Waals surface area contributed by atoms with Crippen LogP contribution in [0.15, 0.2) is 18.2 Å². The summed E-state index contributed by atoms with van der Waals surface area (Å²) < 4.78 is 38.6. The quantitative estimate of drug-likeness (QED) is 0.808. The van der Waals surface area contributed by atoms with Gasteiger partial charge in [-0.05, 0) is 28.5 Å². The van der Waals surface area contributed by atoms with Crippen LogP contribution in [0.3, 0.4) is 0 Å². The average molecular weight is 315 g/mol. The summed E-state index contributed by atoms with van der Waals surface area (Å²) in [5.74, 6) is -0.163. The van der Waals surface area contributed by atoms with E-state index in [0.29, 0.717) is 5.56 Å². The molecule has 0 aliphatic heterocycles. The van der Waals surface area contributed by atoms with Crippen LogP contribution in [0.2, 0.25) is 0 Å². The molecule has 1 aromatic carbocycles. The van der Waals surface area contributed by atoms with Gasteiger partial charge in [-0.1, -0.05) is 45.9 Å². The standard InChI is InChI=1S/C17H24F3NO/c1-10(2)13-6-7-14(11(3)4)15(8-13)16(21-12(5)22)9-17(18,19)20/h6-8,10-11,16H,9H2,1-5H3,(H,21,22). The lowest BCUT2D eigenvalue weighted by molar-refractivity contribution is -0.142. The molecular weight excluding hydrogens is 291 g/mol. The summed E-state index contributed by atoms with van der Waals surface area (Å²) in [7, 11) is 0. The van der Waals surface area contributed by atoms with Gasteiger partial charge in [-0.25, -0.2) is 0 Å². The lowest BCUT2D eigenvalue weighted by Gasteiger charge is -2.25. The van der Waals surface area contributed by atoms with E-state index in [1.165, 1.54) is 6.92 Å². The average Bonchev–Trinajstić information content (AvgIpc) is 2.34. The maximum atomic E-state index is 12.9. The predicted octanol–water partition coefficient (Wildman–Crippen LogP) is 5.06. The normalized spacial score (nSPS) is 13.5. The Bertz CT molecular complexity index is 521. The smallest absolute Gasteiger partial charge is 0.349 e. The Morgan fingerprint density at radius 1 is 1.09 bits per heavy atom. The van der Waals surface area contributed by atoms with Gasteiger partial charge >= 0.3 is 6.18 Å². The molecule has 1 rings (SSSR count). The van der Waals surface area contributed by atoms with Crippen LogP contribution in [-0.4, -0.2) is 12.1 Å². The van der Waals surface area contributed by atoms with Crippen molar-refractivity contribution in [3.63, 3.8) is 0 Å². The first-order valence-electron chi connectivity index (χ1n) is 7.49. The second-order valence-corrected chi connectivity index (χ2v) is 6.27. The van der Waals surface area contributed by atoms with E-state index in [1.807, 2.05) is 39.8 Å². The number of halogens is 3. The minimum atomic E-state index is -4.34. The minimum Gasteiger partial charge on any atom is -0.349 e. The van der Waals surface area contributed by atoms with Gasteiger partial charge in [0, 0.05) is 6.92 Å². The van der Waals surface area contributed by atoms with Gasteiger partial charge in [0.25, 0.3) is 0 Å². The zero-order valence-corrected chi connectivity index (χ0v) is 13.7. The van der Waals surface area contributed by atoms with E-state index in [9.17, 15) is 18.0 Å². The molecule has 2 nitrogen and oxygen atoms in total. The molecule has 22 heavy (non-hydrogen) atoms. The third kappa shape index (κ3) is 5.35. The Labute approximate surface area is 130 Å². The van der Waals surface area contributed by atoms with E-state index in [2.05, 4.69) is 5.32 Å². The van der Waals surface area contributed by atoms with E-state index >= 15 is 0 Å². The van der Waals surface area contributed by atoms with Gasteiger partial charge < -0.3 is 5.32 Å². The Balaban J connectivity index is 3.35. The highest BCUT2D eigenvalue weighted by Gasteiger charge is 2.34. The van der Waals surface area contributed by atoms with Crippen LogP contribution in [-0.2, 0) is 4.79 Å². The second-order valence-electron chi connectivity index (χ2n) is 6.27. The molecule has 1 atom stereocenters. The summed E-state index contributed by atoms with van der Waals surface area (Å²) in [5.41, 5.74) is 2.37. The third-order valence-corrected chi connectivity index (χ3v) is 3.59. The molecule has 0 fully saturated rings. The van der Waals surface area contributed by atoms with Gasteiger partial charge in [0.2, 0.25) is 5.91 Å². The number of carbonyl (C=O) groups excluding carboxylic acids is 1. The maximum Gasteiger partial charge on any atom is 0.391 e. The van der Waals surface area contributed by atoms with Crippen LogP contribution in [0.25, 0.3) is 0 Å². The summed E-state index contributed by atoms with van der Waals surface area (Å²) in [6.45, 7) is 9.10.